The van der Waals surface area contributed by atoms with Crippen molar-refractivity contribution in [2.75, 3.05) is 7.11 Å². The van der Waals surface area contributed by atoms with E-state index in [4.69, 9.17) is 20.8 Å². The number of carbonyl (C=O) groups excluding carboxylic acids is 3. The minimum Gasteiger partial charge on any atom is -0.453 e. The van der Waals surface area contributed by atoms with Gasteiger partial charge >= 0.3 is 12.1 Å². The van der Waals surface area contributed by atoms with Crippen LogP contribution >= 0.6 is 11.6 Å². The summed E-state index contributed by atoms with van der Waals surface area (Å²) in [7, 11) is 1.11. The number of furan rings is 1. The summed E-state index contributed by atoms with van der Waals surface area (Å²) in [4.78, 5) is 34.4. The van der Waals surface area contributed by atoms with Gasteiger partial charge in [-0.25, -0.2) is 9.59 Å². The van der Waals surface area contributed by atoms with Crippen LogP contribution in [-0.4, -0.2) is 31.2 Å². The number of rotatable bonds is 3. The maximum absolute atomic E-state index is 11.9. The number of fused-ring (bicyclic) bond motifs is 1. The van der Waals surface area contributed by atoms with E-state index in [0.29, 0.717) is 16.0 Å². The van der Waals surface area contributed by atoms with Crippen LogP contribution in [0, 0.1) is 0 Å². The summed E-state index contributed by atoms with van der Waals surface area (Å²) in [6.45, 7) is 1.32. The molecule has 7 nitrogen and oxygen atoms in total. The zero-order valence-corrected chi connectivity index (χ0v) is 12.5. The van der Waals surface area contributed by atoms with Gasteiger partial charge in [0.1, 0.15) is 5.58 Å². The molecule has 0 spiro atoms. The molecule has 2 aromatic rings. The van der Waals surface area contributed by atoms with Gasteiger partial charge in [-0.15, -0.1) is 0 Å². The Morgan fingerprint density at radius 2 is 2.00 bits per heavy atom. The fourth-order valence-corrected chi connectivity index (χ4v) is 1.82. The Hall–Kier alpha value is -2.54. The topological polar surface area (TPSA) is 94.8 Å². The molecule has 1 heterocycles. The van der Waals surface area contributed by atoms with Crippen LogP contribution in [-0.2, 0) is 14.3 Å². The highest BCUT2D eigenvalue weighted by molar-refractivity contribution is 6.31. The molecular weight excluding hydrogens is 314 g/mol. The van der Waals surface area contributed by atoms with E-state index in [1.807, 2.05) is 5.32 Å². The van der Waals surface area contributed by atoms with Crippen molar-refractivity contribution in [3.05, 3.63) is 35.0 Å². The zero-order valence-electron chi connectivity index (χ0n) is 11.7. The van der Waals surface area contributed by atoms with Gasteiger partial charge < -0.3 is 13.9 Å². The second-order valence-electron chi connectivity index (χ2n) is 4.32. The van der Waals surface area contributed by atoms with Gasteiger partial charge in [0.05, 0.1) is 7.11 Å². The van der Waals surface area contributed by atoms with Crippen LogP contribution in [0.2, 0.25) is 5.02 Å². The maximum atomic E-state index is 11.9. The average Bonchev–Trinajstić information content (AvgIpc) is 2.89. The molecular formula is C14H12ClNO6. The van der Waals surface area contributed by atoms with Crippen molar-refractivity contribution in [2.24, 2.45) is 0 Å². The fourth-order valence-electron chi connectivity index (χ4n) is 1.64. The largest absolute Gasteiger partial charge is 0.453 e. The van der Waals surface area contributed by atoms with E-state index < -0.39 is 24.1 Å². The Balaban J connectivity index is 2.07. The summed E-state index contributed by atoms with van der Waals surface area (Å²) in [5.41, 5.74) is 0.461. The standard InChI is InChI=1S/C14H12ClNO6/c1-7(12(17)16-14(19)20-2)21-13(18)11-6-8-5-9(15)3-4-10(8)22-11/h3-7H,1-2H3,(H,16,17,19)/t7-/m0/s1. The first-order chi connectivity index (χ1) is 10.4. The summed E-state index contributed by atoms with van der Waals surface area (Å²) in [5, 5.41) is 3.02. The molecule has 1 atom stereocenters. The van der Waals surface area contributed by atoms with Crippen molar-refractivity contribution >= 4 is 40.5 Å². The number of benzene rings is 1. The molecule has 22 heavy (non-hydrogen) atoms. The van der Waals surface area contributed by atoms with Crippen molar-refractivity contribution < 1.29 is 28.3 Å². The van der Waals surface area contributed by atoms with Crippen molar-refractivity contribution in [3.63, 3.8) is 0 Å². The Kier molecular flexibility index (Phi) is 4.67. The second kappa shape index (κ2) is 6.48. The van der Waals surface area contributed by atoms with Crippen LogP contribution in [0.3, 0.4) is 0 Å². The lowest BCUT2D eigenvalue weighted by atomic mass is 10.2. The highest BCUT2D eigenvalue weighted by Gasteiger charge is 2.23. The van der Waals surface area contributed by atoms with Gasteiger partial charge in [-0.1, -0.05) is 11.6 Å². The van der Waals surface area contributed by atoms with Gasteiger partial charge in [-0.2, -0.15) is 0 Å². The van der Waals surface area contributed by atoms with E-state index in [1.54, 1.807) is 18.2 Å². The third-order valence-electron chi connectivity index (χ3n) is 2.74. The van der Waals surface area contributed by atoms with Gasteiger partial charge in [0.15, 0.2) is 6.10 Å². The molecule has 0 aliphatic rings. The first kappa shape index (κ1) is 15.8. The van der Waals surface area contributed by atoms with Gasteiger partial charge in [0.2, 0.25) is 5.76 Å². The number of ether oxygens (including phenoxy) is 2. The van der Waals surface area contributed by atoms with Crippen LogP contribution in [0.15, 0.2) is 28.7 Å². The molecule has 2 rings (SSSR count). The summed E-state index contributed by atoms with van der Waals surface area (Å²) < 4.78 is 14.5. The molecule has 0 saturated carbocycles. The summed E-state index contributed by atoms with van der Waals surface area (Å²) in [6, 6.07) is 6.32. The molecule has 8 heteroatoms. The highest BCUT2D eigenvalue weighted by atomic mass is 35.5. The first-order valence-corrected chi connectivity index (χ1v) is 6.57. The molecule has 0 fully saturated rings. The summed E-state index contributed by atoms with van der Waals surface area (Å²) in [6.07, 6.45) is -2.13. The number of amides is 2. The maximum Gasteiger partial charge on any atom is 0.413 e. The lowest BCUT2D eigenvalue weighted by molar-refractivity contribution is -0.128. The van der Waals surface area contributed by atoms with E-state index in [9.17, 15) is 14.4 Å². The molecule has 2 amide bonds. The highest BCUT2D eigenvalue weighted by Crippen LogP contribution is 2.23. The zero-order chi connectivity index (χ0) is 16.3. The fraction of sp³-hybridized carbons (Fsp3) is 0.214. The second-order valence-corrected chi connectivity index (χ2v) is 4.76. The van der Waals surface area contributed by atoms with Crippen molar-refractivity contribution in [1.29, 1.82) is 0 Å². The monoisotopic (exact) mass is 325 g/mol. The van der Waals surface area contributed by atoms with E-state index >= 15 is 0 Å². The predicted molar refractivity (Wildman–Crippen MR) is 76.6 cm³/mol. The molecule has 0 saturated heterocycles. The quantitative estimate of drug-likeness (QED) is 0.871. The molecule has 0 aliphatic heterocycles. The number of nitrogens with one attached hydrogen (secondary N) is 1. The number of carbonyl (C=O) groups is 3. The first-order valence-electron chi connectivity index (χ1n) is 6.19. The number of methoxy groups -OCH3 is 1. The molecule has 1 aromatic carbocycles. The number of hydrogen-bond donors (Lipinski definition) is 1. The lowest BCUT2D eigenvalue weighted by Gasteiger charge is -2.10. The Labute approximate surface area is 130 Å². The Morgan fingerprint density at radius 3 is 2.68 bits per heavy atom. The van der Waals surface area contributed by atoms with E-state index in [1.165, 1.54) is 13.0 Å². The third kappa shape index (κ3) is 3.56. The van der Waals surface area contributed by atoms with Crippen LogP contribution in [0.5, 0.6) is 0 Å². The summed E-state index contributed by atoms with van der Waals surface area (Å²) in [5.74, 6) is -1.71. The molecule has 0 unspecified atom stereocenters. The lowest BCUT2D eigenvalue weighted by Crippen LogP contribution is -2.39. The normalized spacial score (nSPS) is 11.8. The van der Waals surface area contributed by atoms with Crippen molar-refractivity contribution in [1.82, 2.24) is 5.32 Å². The third-order valence-corrected chi connectivity index (χ3v) is 2.98. The number of hydrogen-bond acceptors (Lipinski definition) is 6. The van der Waals surface area contributed by atoms with Crippen LogP contribution in [0.4, 0.5) is 4.79 Å². The summed E-state index contributed by atoms with van der Waals surface area (Å²) >= 11 is 5.84. The Morgan fingerprint density at radius 1 is 1.27 bits per heavy atom. The molecule has 0 radical (unpaired) electrons. The Bertz CT molecular complexity index is 738. The molecule has 0 bridgehead atoms. The average molecular weight is 326 g/mol. The van der Waals surface area contributed by atoms with Crippen molar-refractivity contribution in [2.45, 2.75) is 13.0 Å². The van der Waals surface area contributed by atoms with E-state index in [2.05, 4.69) is 4.74 Å². The smallest absolute Gasteiger partial charge is 0.413 e. The van der Waals surface area contributed by atoms with Gasteiger partial charge in [0.25, 0.3) is 5.91 Å². The number of esters is 1. The van der Waals surface area contributed by atoms with Crippen LogP contribution < -0.4 is 5.32 Å². The molecule has 116 valence electrons. The molecule has 1 aromatic heterocycles. The number of alkyl carbamates (subject to hydrolysis) is 1. The SMILES string of the molecule is COC(=O)NC(=O)[C@H](C)OC(=O)c1cc2cc(Cl)ccc2o1. The van der Waals surface area contributed by atoms with E-state index in [0.717, 1.165) is 7.11 Å². The van der Waals surface area contributed by atoms with E-state index in [-0.39, 0.29) is 5.76 Å². The minimum atomic E-state index is -1.19. The predicted octanol–water partition coefficient (Wildman–Crippen LogP) is 2.51. The minimum absolute atomic E-state index is 0.0741. The van der Waals surface area contributed by atoms with Crippen molar-refractivity contribution in [3.8, 4) is 0 Å². The van der Waals surface area contributed by atoms with Crippen LogP contribution in [0.1, 0.15) is 17.5 Å². The molecule has 1 N–H and O–H groups in total. The molecule has 0 aliphatic carbocycles. The van der Waals surface area contributed by atoms with Crippen LogP contribution in [0.25, 0.3) is 11.0 Å². The van der Waals surface area contributed by atoms with Gasteiger partial charge in [-0.05, 0) is 31.2 Å². The number of halogens is 1. The van der Waals surface area contributed by atoms with Gasteiger partial charge in [0, 0.05) is 10.4 Å². The van der Waals surface area contributed by atoms with Gasteiger partial charge in [-0.3, -0.25) is 10.1 Å². The number of imide groups is 1.